The normalized spacial score (nSPS) is 10.8. The van der Waals surface area contributed by atoms with Crippen LogP contribution in [0.2, 0.25) is 5.02 Å². The van der Waals surface area contributed by atoms with Crippen LogP contribution in [0.1, 0.15) is 0 Å². The molecule has 0 fully saturated rings. The first kappa shape index (κ1) is 18.1. The molecule has 2 heterocycles. The topological polar surface area (TPSA) is 75.7 Å². The van der Waals surface area contributed by atoms with E-state index in [4.69, 9.17) is 16.3 Å². The maximum atomic E-state index is 6.22. The van der Waals surface area contributed by atoms with Crippen LogP contribution in [0.4, 0.5) is 11.5 Å². The van der Waals surface area contributed by atoms with Crippen LogP contribution in [0.5, 0.6) is 11.5 Å². The van der Waals surface area contributed by atoms with E-state index in [0.29, 0.717) is 22.2 Å². The fourth-order valence-electron chi connectivity index (χ4n) is 3.25. The van der Waals surface area contributed by atoms with Gasteiger partial charge in [0, 0.05) is 10.6 Å². The molecule has 5 aromatic rings. The molecule has 0 radical (unpaired) electrons. The van der Waals surface area contributed by atoms with E-state index in [0.717, 1.165) is 28.0 Å². The summed E-state index contributed by atoms with van der Waals surface area (Å²) in [5, 5.41) is 20.1. The average molecular weight is 414 g/mol. The molecule has 0 amide bonds. The summed E-state index contributed by atoms with van der Waals surface area (Å²) >= 11 is 6.12. The van der Waals surface area contributed by atoms with Crippen LogP contribution in [0.25, 0.3) is 22.2 Å². The monoisotopic (exact) mass is 413 g/mol. The van der Waals surface area contributed by atoms with Gasteiger partial charge in [0.15, 0.2) is 11.5 Å². The van der Waals surface area contributed by atoms with Crippen molar-refractivity contribution in [3.8, 4) is 22.6 Å². The molecular weight excluding hydrogens is 398 g/mol. The molecule has 0 unspecified atom stereocenters. The molecule has 2 aromatic heterocycles. The predicted molar refractivity (Wildman–Crippen MR) is 118 cm³/mol. The molecule has 30 heavy (non-hydrogen) atoms. The first-order valence-electron chi connectivity index (χ1n) is 9.32. The van der Waals surface area contributed by atoms with Gasteiger partial charge in [0.1, 0.15) is 11.5 Å². The summed E-state index contributed by atoms with van der Waals surface area (Å²) in [4.78, 5) is 0. The number of aromatic amines is 1. The van der Waals surface area contributed by atoms with Gasteiger partial charge in [-0.2, -0.15) is 10.2 Å². The highest BCUT2D eigenvalue weighted by Gasteiger charge is 2.15. The zero-order valence-electron chi connectivity index (χ0n) is 15.7. The second kappa shape index (κ2) is 7.85. The number of benzene rings is 3. The Morgan fingerprint density at radius 2 is 1.70 bits per heavy atom. The predicted octanol–water partition coefficient (Wildman–Crippen LogP) is 6.21. The van der Waals surface area contributed by atoms with E-state index in [2.05, 4.69) is 25.7 Å². The van der Waals surface area contributed by atoms with Gasteiger partial charge in [-0.1, -0.05) is 48.0 Å². The highest BCUT2D eigenvalue weighted by Crippen LogP contribution is 2.41. The maximum Gasteiger partial charge on any atom is 0.180 e. The van der Waals surface area contributed by atoms with E-state index in [1.807, 2.05) is 78.9 Å². The van der Waals surface area contributed by atoms with Gasteiger partial charge in [-0.05, 0) is 48.0 Å². The maximum absolute atomic E-state index is 6.22. The number of hydrogen-bond donors (Lipinski definition) is 2. The molecule has 0 saturated heterocycles. The second-order valence-corrected chi connectivity index (χ2v) is 7.03. The minimum Gasteiger partial charge on any atom is -0.457 e. The van der Waals surface area contributed by atoms with Crippen LogP contribution < -0.4 is 10.1 Å². The quantitative estimate of drug-likeness (QED) is 0.358. The van der Waals surface area contributed by atoms with E-state index in [9.17, 15) is 0 Å². The van der Waals surface area contributed by atoms with Crippen molar-refractivity contribution in [1.29, 1.82) is 0 Å². The smallest absolute Gasteiger partial charge is 0.180 e. The van der Waals surface area contributed by atoms with Gasteiger partial charge in [0.05, 0.1) is 17.3 Å². The minimum atomic E-state index is 0.615. The lowest BCUT2D eigenvalue weighted by Gasteiger charge is -2.16. The van der Waals surface area contributed by atoms with Crippen molar-refractivity contribution >= 4 is 34.1 Å². The summed E-state index contributed by atoms with van der Waals surface area (Å²) < 4.78 is 6.22. The van der Waals surface area contributed by atoms with E-state index >= 15 is 0 Å². The van der Waals surface area contributed by atoms with Gasteiger partial charge in [-0.3, -0.25) is 5.10 Å². The molecule has 0 atom stereocenters. The number of nitrogens with zero attached hydrogens (tertiary/aromatic N) is 3. The third-order valence-electron chi connectivity index (χ3n) is 4.63. The van der Waals surface area contributed by atoms with Crippen molar-refractivity contribution in [2.24, 2.45) is 0 Å². The molecule has 0 spiro atoms. The highest BCUT2D eigenvalue weighted by molar-refractivity contribution is 6.30. The number of H-pyrrole nitrogens is 1. The van der Waals surface area contributed by atoms with Crippen LogP contribution in [0, 0.1) is 0 Å². The Morgan fingerprint density at radius 3 is 2.53 bits per heavy atom. The molecule has 0 aliphatic heterocycles. The summed E-state index contributed by atoms with van der Waals surface area (Å²) in [7, 11) is 0. The van der Waals surface area contributed by atoms with Crippen molar-refractivity contribution in [3.05, 3.63) is 90.1 Å². The zero-order chi connectivity index (χ0) is 20.3. The SMILES string of the molecule is Clc1ccc(-c2c(Nc3n[nH]c4nnccc34)cccc2Oc2ccccc2)cc1. The van der Waals surface area contributed by atoms with Crippen molar-refractivity contribution in [1.82, 2.24) is 20.4 Å². The summed E-state index contributed by atoms with van der Waals surface area (Å²) in [5.74, 6) is 2.13. The van der Waals surface area contributed by atoms with Gasteiger partial charge < -0.3 is 10.1 Å². The van der Waals surface area contributed by atoms with Crippen molar-refractivity contribution in [2.45, 2.75) is 0 Å². The van der Waals surface area contributed by atoms with Crippen LogP contribution in [-0.4, -0.2) is 20.4 Å². The summed E-state index contributed by atoms with van der Waals surface area (Å²) in [6.45, 7) is 0. The summed E-state index contributed by atoms with van der Waals surface area (Å²) in [6, 6.07) is 25.1. The Labute approximate surface area is 177 Å². The molecule has 5 rings (SSSR count). The van der Waals surface area contributed by atoms with E-state index in [1.54, 1.807) is 6.20 Å². The van der Waals surface area contributed by atoms with Gasteiger partial charge >= 0.3 is 0 Å². The van der Waals surface area contributed by atoms with Gasteiger partial charge in [-0.25, -0.2) is 0 Å². The standard InChI is InChI=1S/C23H16ClN5O/c24-16-11-9-15(10-12-16)21-19(26-22-18-13-14-25-27-23(18)29-28-22)7-4-8-20(21)30-17-5-2-1-3-6-17/h1-14H,(H2,26,27,28,29). The number of para-hydroxylation sites is 1. The molecular formula is C23H16ClN5O. The lowest BCUT2D eigenvalue weighted by Crippen LogP contribution is -1.97. The molecule has 0 bridgehead atoms. The number of ether oxygens (including phenoxy) is 1. The number of rotatable bonds is 5. The Hall–Kier alpha value is -3.90. The van der Waals surface area contributed by atoms with Gasteiger partial charge in [0.25, 0.3) is 0 Å². The second-order valence-electron chi connectivity index (χ2n) is 6.59. The van der Waals surface area contributed by atoms with Crippen LogP contribution in [-0.2, 0) is 0 Å². The zero-order valence-corrected chi connectivity index (χ0v) is 16.5. The minimum absolute atomic E-state index is 0.615. The number of fused-ring (bicyclic) bond motifs is 1. The molecule has 3 aromatic carbocycles. The number of nitrogens with one attached hydrogen (secondary N) is 2. The molecule has 6 nitrogen and oxygen atoms in total. The molecule has 0 aliphatic carbocycles. The molecule has 2 N–H and O–H groups in total. The Kier molecular flexibility index (Phi) is 4.75. The van der Waals surface area contributed by atoms with Crippen molar-refractivity contribution in [3.63, 3.8) is 0 Å². The largest absolute Gasteiger partial charge is 0.457 e. The number of hydrogen-bond acceptors (Lipinski definition) is 5. The first-order chi connectivity index (χ1) is 14.8. The van der Waals surface area contributed by atoms with E-state index in [1.165, 1.54) is 0 Å². The van der Waals surface area contributed by atoms with E-state index < -0.39 is 0 Å². The van der Waals surface area contributed by atoms with Crippen LogP contribution >= 0.6 is 11.6 Å². The van der Waals surface area contributed by atoms with Gasteiger partial charge in [-0.15, -0.1) is 5.10 Å². The number of anilines is 2. The van der Waals surface area contributed by atoms with Crippen molar-refractivity contribution < 1.29 is 4.74 Å². The summed E-state index contributed by atoms with van der Waals surface area (Å²) in [6.07, 6.45) is 1.64. The molecule has 0 saturated carbocycles. The number of halogens is 1. The lowest BCUT2D eigenvalue weighted by atomic mass is 10.0. The van der Waals surface area contributed by atoms with Crippen LogP contribution in [0.3, 0.4) is 0 Å². The van der Waals surface area contributed by atoms with Crippen molar-refractivity contribution in [2.75, 3.05) is 5.32 Å². The highest BCUT2D eigenvalue weighted by atomic mass is 35.5. The Bertz CT molecular complexity index is 1300. The first-order valence-corrected chi connectivity index (χ1v) is 9.70. The average Bonchev–Trinajstić information content (AvgIpc) is 3.19. The summed E-state index contributed by atoms with van der Waals surface area (Å²) in [5.41, 5.74) is 3.32. The molecule has 0 aliphatic rings. The third-order valence-corrected chi connectivity index (χ3v) is 4.88. The van der Waals surface area contributed by atoms with Crippen LogP contribution in [0.15, 0.2) is 85.1 Å². The number of aromatic nitrogens is 4. The third kappa shape index (κ3) is 3.56. The lowest BCUT2D eigenvalue weighted by molar-refractivity contribution is 0.485. The fraction of sp³-hybridized carbons (Fsp3) is 0. The van der Waals surface area contributed by atoms with E-state index in [-0.39, 0.29) is 0 Å². The van der Waals surface area contributed by atoms with Gasteiger partial charge in [0.2, 0.25) is 0 Å². The Balaban J connectivity index is 1.62. The molecule has 146 valence electrons. The fourth-order valence-corrected chi connectivity index (χ4v) is 3.37. The Morgan fingerprint density at radius 1 is 0.867 bits per heavy atom. The molecule has 7 heteroatoms.